The lowest BCUT2D eigenvalue weighted by molar-refractivity contribution is -0.120. The number of hydrogen-bond acceptors (Lipinski definition) is 22. The van der Waals surface area contributed by atoms with Crippen molar-refractivity contribution < 1.29 is 69.2 Å². The van der Waals surface area contributed by atoms with E-state index in [1.54, 1.807) is 7.05 Å². The third-order valence-corrected chi connectivity index (χ3v) is 25.7. The maximum atomic E-state index is 11.6. The number of ether oxygens (including phenoxy) is 1. The van der Waals surface area contributed by atoms with Crippen LogP contribution in [-0.4, -0.2) is 147 Å². The first kappa shape index (κ1) is 65.6. The molecule has 0 aliphatic heterocycles. The minimum absolute atomic E-state index is 0.00309. The standard InChI is InChI=1S/C9H20NO3PS2.C8H18NO4PS2.C6H14NO4PS2.C5H12NO4PS/c1-5-12-14(15,13-6-2)16-7-9(11)10-8(3)4;1-7(8(10)9-2)15-5-6-16-14(11,12-3)13-4;1-9-5-7-6(8)4-14-12(13,10-2)11-3;1-6-5(7)4-12-11(8,9-2)10-3/h8H,5-7H2,1-4H3,(H,10,11);7H,5-6H2,1-4H3,(H,9,10);4-5H2,1-3H3,(H,7,8);4H2,1-3H3,(H,6,7). The third-order valence-electron chi connectivity index (χ3n) is 5.44. The van der Waals surface area contributed by atoms with E-state index in [0.717, 1.165) is 28.5 Å². The van der Waals surface area contributed by atoms with Crippen LogP contribution in [0.15, 0.2) is 0 Å². The molecular formula is C28H64N4O15P4S7. The highest BCUT2D eigenvalue weighted by Crippen LogP contribution is 2.61. The van der Waals surface area contributed by atoms with Crippen molar-refractivity contribution in [2.45, 2.75) is 45.9 Å². The van der Waals surface area contributed by atoms with Crippen molar-refractivity contribution in [1.29, 1.82) is 0 Å². The summed E-state index contributed by atoms with van der Waals surface area (Å²) in [6.45, 7) is 4.57. The van der Waals surface area contributed by atoms with Gasteiger partial charge in [0.2, 0.25) is 35.0 Å². The summed E-state index contributed by atoms with van der Waals surface area (Å²) in [7, 11) is 12.8. The van der Waals surface area contributed by atoms with E-state index >= 15 is 0 Å². The maximum absolute atomic E-state index is 11.6. The van der Waals surface area contributed by atoms with Gasteiger partial charge >= 0.3 is 13.6 Å². The summed E-state index contributed by atoms with van der Waals surface area (Å²) in [6, 6.07) is 0.144. The van der Waals surface area contributed by atoms with Crippen LogP contribution in [0.1, 0.15) is 34.6 Å². The van der Waals surface area contributed by atoms with Gasteiger partial charge in [0.25, 0.3) is 0 Å². The zero-order valence-corrected chi connectivity index (χ0v) is 44.9. The van der Waals surface area contributed by atoms with Crippen molar-refractivity contribution in [3.05, 3.63) is 0 Å². The summed E-state index contributed by atoms with van der Waals surface area (Å²) in [5.41, 5.74) is -4.65. The van der Waals surface area contributed by atoms with Crippen LogP contribution in [0.25, 0.3) is 0 Å². The molecule has 0 bridgehead atoms. The Bertz CT molecular complexity index is 1300. The predicted octanol–water partition coefficient (Wildman–Crippen LogP) is 6.35. The topological polar surface area (TPSA) is 234 Å². The molecule has 0 saturated carbocycles. The Morgan fingerprint density at radius 3 is 1.45 bits per heavy atom. The van der Waals surface area contributed by atoms with Crippen LogP contribution in [0.3, 0.4) is 0 Å². The van der Waals surface area contributed by atoms with Crippen LogP contribution < -0.4 is 21.3 Å². The van der Waals surface area contributed by atoms with Crippen LogP contribution in [0.4, 0.5) is 0 Å². The number of hydrogen-bond donors (Lipinski definition) is 4. The minimum Gasteiger partial charge on any atom is -0.364 e. The Hall–Kier alpha value is 1.03. The van der Waals surface area contributed by atoms with Gasteiger partial charge < -0.3 is 62.2 Å². The quantitative estimate of drug-likeness (QED) is 0.0380. The SMILES string of the molecule is CCOP(=S)(OCC)SCC(=O)NC(C)C.CNC(=O)C(C)SCCSP(=O)(OC)OC.CNC(=O)CSP(=O)(OC)OC.COCNC(=O)CSP(=S)(OC)OC. The lowest BCUT2D eigenvalue weighted by Gasteiger charge is -2.19. The summed E-state index contributed by atoms with van der Waals surface area (Å²) >= 11 is 16.3. The average Bonchev–Trinajstić information content (AvgIpc) is 3.21. The molecular weight excluding hydrogens is 981 g/mol. The Kier molecular flexibility index (Phi) is 44.8. The van der Waals surface area contributed by atoms with Gasteiger partial charge in [0.15, 0.2) is 0 Å². The van der Waals surface area contributed by atoms with E-state index in [1.165, 1.54) is 91.3 Å². The molecule has 0 spiro atoms. The van der Waals surface area contributed by atoms with E-state index in [0.29, 0.717) is 19.0 Å². The molecule has 0 rings (SSSR count). The van der Waals surface area contributed by atoms with E-state index < -0.39 is 25.0 Å². The fraction of sp³-hybridized carbons (Fsp3) is 0.857. The van der Waals surface area contributed by atoms with Gasteiger partial charge in [0.1, 0.15) is 6.73 Å². The summed E-state index contributed by atoms with van der Waals surface area (Å²) in [4.78, 5) is 44.5. The Morgan fingerprint density at radius 2 is 1.05 bits per heavy atom. The molecule has 1 atom stereocenters. The second kappa shape index (κ2) is 39.6. The van der Waals surface area contributed by atoms with Crippen molar-refractivity contribution in [3.63, 3.8) is 0 Å². The van der Waals surface area contributed by atoms with E-state index in [9.17, 15) is 28.3 Å². The Balaban J connectivity index is -0.000000337. The molecule has 0 aliphatic carbocycles. The molecule has 348 valence electrons. The lowest BCUT2D eigenvalue weighted by Crippen LogP contribution is -2.31. The molecule has 19 nitrogen and oxygen atoms in total. The van der Waals surface area contributed by atoms with E-state index in [4.69, 9.17) is 50.8 Å². The monoisotopic (exact) mass is 1040 g/mol. The van der Waals surface area contributed by atoms with Crippen LogP contribution in [0.2, 0.25) is 0 Å². The van der Waals surface area contributed by atoms with Crippen LogP contribution in [0, 0.1) is 0 Å². The second-order valence-corrected chi connectivity index (χ2v) is 32.9. The molecule has 30 heteroatoms. The summed E-state index contributed by atoms with van der Waals surface area (Å²) in [5.74, 6) is 1.49. The number of methoxy groups -OCH3 is 1. The summed E-state index contributed by atoms with van der Waals surface area (Å²) in [5, 5.41) is 10.2. The van der Waals surface area contributed by atoms with Gasteiger partial charge in [-0.3, -0.25) is 19.2 Å². The molecule has 0 aliphatic rings. The smallest absolute Gasteiger partial charge is 0.364 e. The van der Waals surface area contributed by atoms with Crippen molar-refractivity contribution in [1.82, 2.24) is 21.3 Å². The highest BCUT2D eigenvalue weighted by molar-refractivity contribution is 8.68. The first-order chi connectivity index (χ1) is 27.1. The van der Waals surface area contributed by atoms with Crippen molar-refractivity contribution in [2.24, 2.45) is 0 Å². The molecule has 4 amide bonds. The third kappa shape index (κ3) is 37.6. The Morgan fingerprint density at radius 1 is 0.603 bits per heavy atom. The highest BCUT2D eigenvalue weighted by Gasteiger charge is 2.24. The number of carbonyl (C=O) groups is 4. The molecule has 0 radical (unpaired) electrons. The molecule has 58 heavy (non-hydrogen) atoms. The van der Waals surface area contributed by atoms with Gasteiger partial charge in [-0.2, -0.15) is 0 Å². The number of amides is 4. The second-order valence-electron chi connectivity index (χ2n) is 9.93. The fourth-order valence-electron chi connectivity index (χ4n) is 2.67. The zero-order chi connectivity index (χ0) is 45.8. The molecule has 4 N–H and O–H groups in total. The number of thioether (sulfide) groups is 1. The summed E-state index contributed by atoms with van der Waals surface area (Å²) in [6.07, 6.45) is 0. The number of rotatable bonds is 28. The van der Waals surface area contributed by atoms with E-state index in [1.807, 2.05) is 34.6 Å². The lowest BCUT2D eigenvalue weighted by atomic mass is 10.4. The van der Waals surface area contributed by atoms with Gasteiger partial charge in [0, 0.05) is 81.4 Å². The summed E-state index contributed by atoms with van der Waals surface area (Å²) < 4.78 is 67.2. The van der Waals surface area contributed by atoms with Crippen LogP contribution in [0.5, 0.6) is 0 Å². The van der Waals surface area contributed by atoms with Crippen molar-refractivity contribution in [3.8, 4) is 0 Å². The van der Waals surface area contributed by atoms with Crippen molar-refractivity contribution >= 4 is 130 Å². The number of nitrogens with one attached hydrogen (secondary N) is 4. The molecule has 0 aromatic rings. The van der Waals surface area contributed by atoms with Gasteiger partial charge in [-0.25, -0.2) is 9.13 Å². The average molecular weight is 1050 g/mol. The first-order valence-corrected chi connectivity index (χ1v) is 32.6. The molecule has 0 aromatic carbocycles. The maximum Gasteiger partial charge on any atom is 0.389 e. The van der Waals surface area contributed by atoms with Gasteiger partial charge in [0.05, 0.1) is 35.7 Å². The van der Waals surface area contributed by atoms with Gasteiger partial charge in [-0.05, 0) is 81.0 Å². The highest BCUT2D eigenvalue weighted by atomic mass is 32.9. The van der Waals surface area contributed by atoms with Gasteiger partial charge in [-0.15, -0.1) is 11.8 Å². The molecule has 1 unspecified atom stereocenters. The van der Waals surface area contributed by atoms with Crippen molar-refractivity contribution in [2.75, 3.05) is 113 Å². The normalized spacial score (nSPS) is 12.1. The minimum atomic E-state index is -3.09. The zero-order valence-electron chi connectivity index (χ0n) is 35.6. The Labute approximate surface area is 376 Å². The molecule has 0 heterocycles. The van der Waals surface area contributed by atoms with Crippen LogP contribution >= 0.6 is 82.3 Å². The fourth-order valence-corrected chi connectivity index (χ4v) is 15.7. The predicted molar refractivity (Wildman–Crippen MR) is 252 cm³/mol. The first-order valence-electron chi connectivity index (χ1n) is 16.8. The van der Waals surface area contributed by atoms with E-state index in [2.05, 4.69) is 35.1 Å². The molecule has 0 saturated heterocycles. The van der Waals surface area contributed by atoms with E-state index in [-0.39, 0.29) is 58.9 Å². The largest absolute Gasteiger partial charge is 0.389 e. The van der Waals surface area contributed by atoms with Crippen LogP contribution in [-0.2, 0) is 92.8 Å². The number of carbonyl (C=O) groups excluding carboxylic acids is 4. The molecule has 0 fully saturated rings. The van der Waals surface area contributed by atoms with Gasteiger partial charge in [-0.1, -0.05) is 22.8 Å². The molecule has 0 aromatic heterocycles.